The summed E-state index contributed by atoms with van der Waals surface area (Å²) < 4.78 is 5.53. The van der Waals surface area contributed by atoms with Crippen LogP contribution in [0.1, 0.15) is 26.3 Å². The van der Waals surface area contributed by atoms with Crippen molar-refractivity contribution in [3.05, 3.63) is 29.8 Å². The van der Waals surface area contributed by atoms with E-state index in [4.69, 9.17) is 4.74 Å². The number of nitrogens with zero attached hydrogens (tertiary/aromatic N) is 1. The average molecular weight is 348 g/mol. The van der Waals surface area contributed by atoms with E-state index in [0.717, 1.165) is 45.8 Å². The molecule has 0 bridgehead atoms. The summed E-state index contributed by atoms with van der Waals surface area (Å²) in [6.45, 7) is 13.3. The maximum atomic E-state index is 11.7. The van der Waals surface area contributed by atoms with Crippen LogP contribution in [0.25, 0.3) is 0 Å². The number of rotatable bonds is 8. The van der Waals surface area contributed by atoms with Gasteiger partial charge in [0.2, 0.25) is 0 Å². The number of nitrogens with one attached hydrogen (secondary N) is 3. The maximum Gasteiger partial charge on any atom is 0.258 e. The van der Waals surface area contributed by atoms with E-state index in [1.807, 2.05) is 45.0 Å². The lowest BCUT2D eigenvalue weighted by Gasteiger charge is -2.27. The van der Waals surface area contributed by atoms with E-state index in [9.17, 15) is 4.79 Å². The summed E-state index contributed by atoms with van der Waals surface area (Å²) in [5.74, 6) is 0.611. The van der Waals surface area contributed by atoms with E-state index < -0.39 is 0 Å². The molecule has 0 unspecified atom stereocenters. The van der Waals surface area contributed by atoms with Crippen molar-refractivity contribution in [2.75, 3.05) is 45.9 Å². The molecular weight excluding hydrogens is 316 g/mol. The van der Waals surface area contributed by atoms with Crippen LogP contribution in [0.3, 0.4) is 0 Å². The van der Waals surface area contributed by atoms with Crippen LogP contribution in [-0.2, 0) is 11.3 Å². The Morgan fingerprint density at radius 2 is 1.88 bits per heavy atom. The van der Waals surface area contributed by atoms with Gasteiger partial charge in [-0.2, -0.15) is 0 Å². The first kappa shape index (κ1) is 19.7. The molecule has 0 saturated carbocycles. The molecule has 1 amide bonds. The number of carbonyl (C=O) groups is 1. The van der Waals surface area contributed by atoms with Gasteiger partial charge >= 0.3 is 0 Å². The molecule has 1 heterocycles. The topological polar surface area (TPSA) is 65.6 Å². The third-order valence-corrected chi connectivity index (χ3v) is 3.95. The second-order valence-electron chi connectivity index (χ2n) is 7.50. The van der Waals surface area contributed by atoms with Crippen LogP contribution in [-0.4, -0.2) is 62.2 Å². The van der Waals surface area contributed by atoms with Crippen LogP contribution in [0.4, 0.5) is 0 Å². The first-order chi connectivity index (χ1) is 11.9. The average Bonchev–Trinajstić information content (AvgIpc) is 2.57. The van der Waals surface area contributed by atoms with Crippen LogP contribution >= 0.6 is 0 Å². The fourth-order valence-corrected chi connectivity index (χ4v) is 2.71. The number of hydrogen-bond donors (Lipinski definition) is 3. The summed E-state index contributed by atoms with van der Waals surface area (Å²) >= 11 is 0. The highest BCUT2D eigenvalue weighted by molar-refractivity contribution is 5.78. The van der Waals surface area contributed by atoms with E-state index in [-0.39, 0.29) is 18.1 Å². The molecular formula is C19H32N4O2. The van der Waals surface area contributed by atoms with E-state index in [1.165, 1.54) is 5.56 Å². The molecule has 1 aliphatic heterocycles. The van der Waals surface area contributed by atoms with Gasteiger partial charge in [0.1, 0.15) is 5.75 Å². The van der Waals surface area contributed by atoms with E-state index >= 15 is 0 Å². The first-order valence-electron chi connectivity index (χ1n) is 9.09. The van der Waals surface area contributed by atoms with Crippen LogP contribution in [0.15, 0.2) is 24.3 Å². The van der Waals surface area contributed by atoms with Crippen LogP contribution < -0.4 is 20.7 Å². The fourth-order valence-electron chi connectivity index (χ4n) is 2.71. The molecule has 25 heavy (non-hydrogen) atoms. The normalized spacial score (nSPS) is 15.8. The molecule has 3 N–H and O–H groups in total. The summed E-state index contributed by atoms with van der Waals surface area (Å²) in [4.78, 5) is 14.2. The molecule has 1 aromatic rings. The van der Waals surface area contributed by atoms with Crippen LogP contribution in [0.2, 0.25) is 0 Å². The molecule has 1 aromatic carbocycles. The van der Waals surface area contributed by atoms with E-state index in [0.29, 0.717) is 5.75 Å². The fraction of sp³-hybridized carbons (Fsp3) is 0.632. The van der Waals surface area contributed by atoms with Gasteiger partial charge in [-0.25, -0.2) is 0 Å². The highest BCUT2D eigenvalue weighted by Crippen LogP contribution is 2.12. The third kappa shape index (κ3) is 8.34. The molecule has 2 rings (SSSR count). The molecule has 6 nitrogen and oxygen atoms in total. The van der Waals surface area contributed by atoms with Crippen LogP contribution in [0, 0.1) is 0 Å². The summed E-state index contributed by atoms with van der Waals surface area (Å²) in [6, 6.07) is 7.90. The van der Waals surface area contributed by atoms with Gasteiger partial charge in [0.15, 0.2) is 6.61 Å². The monoisotopic (exact) mass is 348 g/mol. The molecule has 0 radical (unpaired) electrons. The number of carbonyl (C=O) groups excluding carboxylic acids is 1. The molecule has 0 atom stereocenters. The summed E-state index contributed by atoms with van der Waals surface area (Å²) in [6.07, 6.45) is 0. The maximum absolute atomic E-state index is 11.7. The van der Waals surface area contributed by atoms with Crippen molar-refractivity contribution < 1.29 is 9.53 Å². The van der Waals surface area contributed by atoms with Crippen molar-refractivity contribution in [1.82, 2.24) is 20.9 Å². The zero-order valence-corrected chi connectivity index (χ0v) is 15.7. The second-order valence-corrected chi connectivity index (χ2v) is 7.50. The molecule has 1 saturated heterocycles. The third-order valence-electron chi connectivity index (χ3n) is 3.95. The molecule has 0 aromatic heterocycles. The number of ether oxygens (including phenoxy) is 1. The highest BCUT2D eigenvalue weighted by Gasteiger charge is 2.13. The Morgan fingerprint density at radius 3 is 2.52 bits per heavy atom. The van der Waals surface area contributed by atoms with Crippen molar-refractivity contribution in [1.29, 1.82) is 0 Å². The van der Waals surface area contributed by atoms with Crippen molar-refractivity contribution in [3.63, 3.8) is 0 Å². The molecule has 0 aliphatic carbocycles. The molecule has 6 heteroatoms. The lowest BCUT2D eigenvalue weighted by Crippen LogP contribution is -2.45. The smallest absolute Gasteiger partial charge is 0.258 e. The van der Waals surface area contributed by atoms with Gasteiger partial charge < -0.3 is 20.7 Å². The van der Waals surface area contributed by atoms with Gasteiger partial charge in [-0.1, -0.05) is 12.1 Å². The predicted molar refractivity (Wildman–Crippen MR) is 101 cm³/mol. The lowest BCUT2D eigenvalue weighted by molar-refractivity contribution is -0.124. The molecule has 140 valence electrons. The predicted octanol–water partition coefficient (Wildman–Crippen LogP) is 0.975. The largest absolute Gasteiger partial charge is 0.484 e. The zero-order chi connectivity index (χ0) is 18.1. The van der Waals surface area contributed by atoms with Crippen LogP contribution in [0.5, 0.6) is 5.75 Å². The van der Waals surface area contributed by atoms with Gasteiger partial charge in [-0.05, 0) is 38.5 Å². The molecule has 1 aliphatic rings. The van der Waals surface area contributed by atoms with Crippen molar-refractivity contribution in [2.45, 2.75) is 32.9 Å². The Labute approximate surface area is 151 Å². The van der Waals surface area contributed by atoms with Crippen molar-refractivity contribution >= 4 is 5.91 Å². The highest BCUT2D eigenvalue weighted by atomic mass is 16.5. The summed E-state index contributed by atoms with van der Waals surface area (Å²) in [5, 5.41) is 9.72. The van der Waals surface area contributed by atoms with Gasteiger partial charge in [0, 0.05) is 51.4 Å². The van der Waals surface area contributed by atoms with Gasteiger partial charge in [0.05, 0.1) is 0 Å². The quantitative estimate of drug-likeness (QED) is 0.611. The summed E-state index contributed by atoms with van der Waals surface area (Å²) in [7, 11) is 0. The lowest BCUT2D eigenvalue weighted by atomic mass is 10.1. The van der Waals surface area contributed by atoms with Crippen molar-refractivity contribution in [3.8, 4) is 5.75 Å². The SMILES string of the molecule is CC(C)(C)NC(=O)COc1ccc(CNCCN2CCNCC2)cc1. The van der Waals surface area contributed by atoms with Gasteiger partial charge in [-0.3, -0.25) is 9.69 Å². The second kappa shape index (κ2) is 9.75. The van der Waals surface area contributed by atoms with Gasteiger partial charge in [0.25, 0.3) is 5.91 Å². The minimum atomic E-state index is -0.235. The number of piperazine rings is 1. The Bertz CT molecular complexity index is 519. The van der Waals surface area contributed by atoms with E-state index in [1.54, 1.807) is 0 Å². The molecule has 1 fully saturated rings. The van der Waals surface area contributed by atoms with Crippen molar-refractivity contribution in [2.24, 2.45) is 0 Å². The molecule has 0 spiro atoms. The standard InChI is InChI=1S/C19H32N4O2/c1-19(2,3)22-18(24)15-25-17-6-4-16(5-7-17)14-21-10-13-23-11-8-20-9-12-23/h4-7,20-21H,8-15H2,1-3H3,(H,22,24). The van der Waals surface area contributed by atoms with Gasteiger partial charge in [-0.15, -0.1) is 0 Å². The minimum absolute atomic E-state index is 0.0412. The number of amides is 1. The number of benzene rings is 1. The Hall–Kier alpha value is -1.63. The Kier molecular flexibility index (Phi) is 7.68. The van der Waals surface area contributed by atoms with E-state index in [2.05, 4.69) is 20.9 Å². The number of hydrogen-bond acceptors (Lipinski definition) is 5. The Balaban J connectivity index is 1.63. The first-order valence-corrected chi connectivity index (χ1v) is 9.09. The zero-order valence-electron chi connectivity index (χ0n) is 15.7. The minimum Gasteiger partial charge on any atom is -0.484 e. The summed E-state index contributed by atoms with van der Waals surface area (Å²) in [5.41, 5.74) is 0.979. The Morgan fingerprint density at radius 1 is 1.20 bits per heavy atom.